The van der Waals surface area contributed by atoms with Gasteiger partial charge in [-0.05, 0) is 48.4 Å². The number of amides is 3. The Morgan fingerprint density at radius 3 is 2.54 bits per heavy atom. The normalized spacial score (nSPS) is 12.5. The largest absolute Gasteiger partial charge is 0.332 e. The summed E-state index contributed by atoms with van der Waals surface area (Å²) in [5.41, 5.74) is 2.77. The van der Waals surface area contributed by atoms with E-state index in [9.17, 15) is 14.4 Å². The van der Waals surface area contributed by atoms with Gasteiger partial charge in [-0.25, -0.2) is 0 Å². The van der Waals surface area contributed by atoms with Crippen LogP contribution in [0, 0.1) is 0 Å². The molecule has 0 bridgehead atoms. The van der Waals surface area contributed by atoms with Crippen LogP contribution >= 0.6 is 23.2 Å². The van der Waals surface area contributed by atoms with E-state index >= 15 is 0 Å². The summed E-state index contributed by atoms with van der Waals surface area (Å²) in [5.74, 6) is -0.638. The Balaban J connectivity index is 1.65. The number of likely N-dealkylation sites (N-methyl/N-ethyl adjacent to an activating group) is 1. The Kier molecular flexibility index (Phi) is 5.91. The molecule has 28 heavy (non-hydrogen) atoms. The Labute approximate surface area is 173 Å². The summed E-state index contributed by atoms with van der Waals surface area (Å²) in [6.07, 6.45) is 0.706. The van der Waals surface area contributed by atoms with Gasteiger partial charge in [0.2, 0.25) is 11.8 Å². The topological polar surface area (TPSA) is 69.7 Å². The highest BCUT2D eigenvalue weighted by molar-refractivity contribution is 6.42. The van der Waals surface area contributed by atoms with Gasteiger partial charge >= 0.3 is 0 Å². The van der Waals surface area contributed by atoms with E-state index in [2.05, 4.69) is 5.32 Å². The third-order valence-corrected chi connectivity index (χ3v) is 5.27. The Morgan fingerprint density at radius 1 is 1.11 bits per heavy atom. The first-order chi connectivity index (χ1) is 13.3. The van der Waals surface area contributed by atoms with E-state index < -0.39 is 0 Å². The average Bonchev–Trinajstić information content (AvgIpc) is 3.07. The standard InChI is InChI=1S/C20H19Cl2N3O3/c1-12(26)25-8-7-13-9-14(3-6-18(13)25)20(28)24(2)11-19(27)23-15-4-5-16(21)17(22)10-15/h3-6,9-10H,7-8,11H2,1-2H3,(H,23,27). The molecule has 0 saturated carbocycles. The van der Waals surface area contributed by atoms with Gasteiger partial charge < -0.3 is 15.1 Å². The fourth-order valence-electron chi connectivity index (χ4n) is 3.14. The number of carbonyl (C=O) groups is 3. The number of nitrogens with zero attached hydrogens (tertiary/aromatic N) is 2. The fourth-order valence-corrected chi connectivity index (χ4v) is 3.44. The molecule has 0 fully saturated rings. The molecular weight excluding hydrogens is 401 g/mol. The van der Waals surface area contributed by atoms with Gasteiger partial charge in [-0.3, -0.25) is 14.4 Å². The molecule has 0 unspecified atom stereocenters. The zero-order chi connectivity index (χ0) is 20.4. The fraction of sp³-hybridized carbons (Fsp3) is 0.250. The van der Waals surface area contributed by atoms with E-state index in [-0.39, 0.29) is 24.3 Å². The molecule has 2 aromatic carbocycles. The van der Waals surface area contributed by atoms with Crippen LogP contribution in [-0.2, 0) is 16.0 Å². The van der Waals surface area contributed by atoms with Crippen molar-refractivity contribution < 1.29 is 14.4 Å². The predicted molar refractivity (Wildman–Crippen MR) is 110 cm³/mol. The van der Waals surface area contributed by atoms with Crippen molar-refractivity contribution in [2.75, 3.05) is 30.4 Å². The van der Waals surface area contributed by atoms with Crippen LogP contribution in [0.5, 0.6) is 0 Å². The number of rotatable bonds is 4. The lowest BCUT2D eigenvalue weighted by Crippen LogP contribution is -2.35. The third-order valence-electron chi connectivity index (χ3n) is 4.53. The van der Waals surface area contributed by atoms with Gasteiger partial charge in [0.05, 0.1) is 16.6 Å². The first kappa shape index (κ1) is 20.2. The quantitative estimate of drug-likeness (QED) is 0.822. The van der Waals surface area contributed by atoms with Crippen molar-refractivity contribution in [2.45, 2.75) is 13.3 Å². The minimum atomic E-state index is -0.349. The Bertz CT molecular complexity index is 962. The molecule has 146 valence electrons. The van der Waals surface area contributed by atoms with Crippen LogP contribution in [0.4, 0.5) is 11.4 Å². The van der Waals surface area contributed by atoms with E-state index in [1.165, 1.54) is 11.8 Å². The number of hydrogen-bond acceptors (Lipinski definition) is 3. The number of benzene rings is 2. The molecule has 2 aromatic rings. The Hall–Kier alpha value is -2.57. The first-order valence-electron chi connectivity index (χ1n) is 8.67. The summed E-state index contributed by atoms with van der Waals surface area (Å²) >= 11 is 11.8. The molecule has 1 N–H and O–H groups in total. The number of hydrogen-bond donors (Lipinski definition) is 1. The van der Waals surface area contributed by atoms with E-state index in [1.807, 2.05) is 0 Å². The first-order valence-corrected chi connectivity index (χ1v) is 9.43. The SMILES string of the molecule is CC(=O)N1CCc2cc(C(=O)N(C)CC(=O)Nc3ccc(Cl)c(Cl)c3)ccc21. The van der Waals surface area contributed by atoms with Gasteiger partial charge in [0, 0.05) is 37.5 Å². The smallest absolute Gasteiger partial charge is 0.254 e. The maximum absolute atomic E-state index is 12.7. The van der Waals surface area contributed by atoms with E-state index in [4.69, 9.17) is 23.2 Å². The summed E-state index contributed by atoms with van der Waals surface area (Å²) in [6, 6.07) is 10.0. The lowest BCUT2D eigenvalue weighted by molar-refractivity contribution is -0.117. The summed E-state index contributed by atoms with van der Waals surface area (Å²) < 4.78 is 0. The van der Waals surface area contributed by atoms with E-state index in [1.54, 1.807) is 48.3 Å². The number of nitrogens with one attached hydrogen (secondary N) is 1. The van der Waals surface area contributed by atoms with E-state index in [0.29, 0.717) is 34.3 Å². The summed E-state index contributed by atoms with van der Waals surface area (Å²) in [5, 5.41) is 3.42. The molecule has 0 saturated heterocycles. The second kappa shape index (κ2) is 8.20. The van der Waals surface area contributed by atoms with Crippen LogP contribution in [0.1, 0.15) is 22.8 Å². The highest BCUT2D eigenvalue weighted by atomic mass is 35.5. The van der Waals surface area contributed by atoms with Gasteiger partial charge in [0.1, 0.15) is 0 Å². The van der Waals surface area contributed by atoms with Crippen LogP contribution in [0.3, 0.4) is 0 Å². The minimum Gasteiger partial charge on any atom is -0.332 e. The molecule has 0 atom stereocenters. The van der Waals surface area contributed by atoms with Crippen molar-refractivity contribution >= 4 is 52.3 Å². The maximum atomic E-state index is 12.7. The zero-order valence-corrected chi connectivity index (χ0v) is 17.0. The second-order valence-electron chi connectivity index (χ2n) is 6.60. The molecule has 1 aliphatic heterocycles. The van der Waals surface area contributed by atoms with Crippen LogP contribution in [0.2, 0.25) is 10.0 Å². The molecule has 3 rings (SSSR count). The third kappa shape index (κ3) is 4.29. The molecule has 0 aromatic heterocycles. The number of fused-ring (bicyclic) bond motifs is 1. The minimum absolute atomic E-state index is 0.0195. The average molecular weight is 420 g/mol. The van der Waals surface area contributed by atoms with Crippen LogP contribution in [0.25, 0.3) is 0 Å². The number of anilines is 2. The van der Waals surface area contributed by atoms with Crippen LogP contribution < -0.4 is 10.2 Å². The van der Waals surface area contributed by atoms with Gasteiger partial charge in [0.15, 0.2) is 0 Å². The van der Waals surface area contributed by atoms with Crippen molar-refractivity contribution in [1.82, 2.24) is 4.90 Å². The van der Waals surface area contributed by atoms with Crippen molar-refractivity contribution in [3.05, 3.63) is 57.6 Å². The van der Waals surface area contributed by atoms with Gasteiger partial charge in [-0.15, -0.1) is 0 Å². The second-order valence-corrected chi connectivity index (χ2v) is 7.42. The van der Waals surface area contributed by atoms with Crippen molar-refractivity contribution in [3.63, 3.8) is 0 Å². The summed E-state index contributed by atoms with van der Waals surface area (Å²) in [4.78, 5) is 39.6. The molecule has 0 aliphatic carbocycles. The maximum Gasteiger partial charge on any atom is 0.254 e. The van der Waals surface area contributed by atoms with Gasteiger partial charge in [0.25, 0.3) is 5.91 Å². The molecule has 6 nitrogen and oxygen atoms in total. The Morgan fingerprint density at radius 2 is 1.86 bits per heavy atom. The number of carbonyl (C=O) groups excluding carboxylic acids is 3. The molecule has 1 aliphatic rings. The monoisotopic (exact) mass is 419 g/mol. The van der Waals surface area contributed by atoms with Crippen molar-refractivity contribution in [2.24, 2.45) is 0 Å². The highest BCUT2D eigenvalue weighted by Crippen LogP contribution is 2.29. The highest BCUT2D eigenvalue weighted by Gasteiger charge is 2.24. The van der Waals surface area contributed by atoms with Crippen molar-refractivity contribution in [3.8, 4) is 0 Å². The molecule has 8 heteroatoms. The molecular formula is C20H19Cl2N3O3. The molecule has 0 spiro atoms. The van der Waals surface area contributed by atoms with Crippen LogP contribution in [0.15, 0.2) is 36.4 Å². The van der Waals surface area contributed by atoms with Crippen molar-refractivity contribution in [1.29, 1.82) is 0 Å². The number of halogens is 2. The van der Waals surface area contributed by atoms with Gasteiger partial charge in [-0.1, -0.05) is 23.2 Å². The summed E-state index contributed by atoms with van der Waals surface area (Å²) in [7, 11) is 1.56. The molecule has 0 radical (unpaired) electrons. The van der Waals surface area contributed by atoms with Crippen LogP contribution in [-0.4, -0.2) is 42.8 Å². The molecule has 3 amide bonds. The lowest BCUT2D eigenvalue weighted by Gasteiger charge is -2.18. The zero-order valence-electron chi connectivity index (χ0n) is 15.5. The molecule has 1 heterocycles. The summed E-state index contributed by atoms with van der Waals surface area (Å²) in [6.45, 7) is 2.02. The van der Waals surface area contributed by atoms with E-state index in [0.717, 1.165) is 11.3 Å². The predicted octanol–water partition coefficient (Wildman–Crippen LogP) is 3.61. The lowest BCUT2D eigenvalue weighted by atomic mass is 10.1. The van der Waals surface area contributed by atoms with Gasteiger partial charge in [-0.2, -0.15) is 0 Å².